The highest BCUT2D eigenvalue weighted by atomic mass is 16.4. The van der Waals surface area contributed by atoms with Gasteiger partial charge in [0.1, 0.15) is 17.4 Å². The number of aliphatic hydroxyl groups is 2. The van der Waals surface area contributed by atoms with Gasteiger partial charge in [-0.15, -0.1) is 0 Å². The van der Waals surface area contributed by atoms with Gasteiger partial charge in [-0.2, -0.15) is 0 Å². The predicted molar refractivity (Wildman–Crippen MR) is 196 cm³/mol. The second-order valence-corrected chi connectivity index (χ2v) is 13.0. The standard InChI is InChI=1S/C40H46N4O8/c1-23-18-36(43-20-29(23)12-11-27(13-15-45)39(49)50)38(48)44-33-10-6-9-32(26(33)4)31-8-5-7-28(25(31)3)19-37(47)35-17-24(2)30(22-42-35)21-41-34(14-16-46)40(51)52/h5-10,17-18,20,22,27,34,41,45-46H,11-16,19,21H2,1-4H3,(H,44,48)(H,49,50)(H,51,52)/t27-,34-/m1/s1. The minimum Gasteiger partial charge on any atom is -0.481 e. The third-order valence-corrected chi connectivity index (χ3v) is 9.47. The van der Waals surface area contributed by atoms with E-state index in [1.165, 1.54) is 0 Å². The lowest BCUT2D eigenvalue weighted by molar-refractivity contribution is -0.142. The molecule has 2 aromatic heterocycles. The van der Waals surface area contributed by atoms with Crippen LogP contribution in [0.4, 0.5) is 5.69 Å². The van der Waals surface area contributed by atoms with Crippen molar-refractivity contribution in [2.24, 2.45) is 5.92 Å². The van der Waals surface area contributed by atoms with Crippen LogP contribution in [0.5, 0.6) is 0 Å². The van der Waals surface area contributed by atoms with Crippen molar-refractivity contribution in [2.75, 3.05) is 18.5 Å². The lowest BCUT2D eigenvalue weighted by Crippen LogP contribution is -2.37. The number of aryl methyl sites for hydroxylation is 3. The summed E-state index contributed by atoms with van der Waals surface area (Å²) in [5.41, 5.74) is 8.76. The Hall–Kier alpha value is -5.30. The number of nitrogens with one attached hydrogen (secondary N) is 2. The van der Waals surface area contributed by atoms with Crippen LogP contribution < -0.4 is 10.6 Å². The summed E-state index contributed by atoms with van der Waals surface area (Å²) in [5.74, 6) is -3.19. The first-order chi connectivity index (χ1) is 24.8. The average Bonchev–Trinajstić information content (AvgIpc) is 3.11. The molecule has 0 unspecified atom stereocenters. The molecule has 2 heterocycles. The van der Waals surface area contributed by atoms with Gasteiger partial charge < -0.3 is 31.1 Å². The van der Waals surface area contributed by atoms with Crippen LogP contribution in [0.2, 0.25) is 0 Å². The van der Waals surface area contributed by atoms with Gasteiger partial charge in [0.05, 0.1) is 5.92 Å². The monoisotopic (exact) mass is 710 g/mol. The van der Waals surface area contributed by atoms with E-state index in [0.29, 0.717) is 24.2 Å². The van der Waals surface area contributed by atoms with Crippen molar-refractivity contribution >= 4 is 29.3 Å². The van der Waals surface area contributed by atoms with Crippen LogP contribution in [-0.4, -0.2) is 73.3 Å². The number of carboxylic acid groups (broad SMARTS) is 2. The number of nitrogens with zero attached hydrogens (tertiary/aromatic N) is 2. The fourth-order valence-corrected chi connectivity index (χ4v) is 6.12. The number of benzene rings is 2. The Bertz CT molecular complexity index is 1800. The van der Waals surface area contributed by atoms with Crippen LogP contribution >= 0.6 is 0 Å². The normalized spacial score (nSPS) is 12.3. The molecule has 4 aromatic rings. The molecule has 0 bridgehead atoms. The summed E-state index contributed by atoms with van der Waals surface area (Å²) in [6.45, 7) is 7.35. The minimum absolute atomic E-state index is 0.0786. The molecule has 1 amide bonds. The van der Waals surface area contributed by atoms with E-state index in [-0.39, 0.29) is 56.4 Å². The number of anilines is 1. The summed E-state index contributed by atoms with van der Waals surface area (Å²) < 4.78 is 0. The Labute approximate surface area is 303 Å². The zero-order valence-corrected chi connectivity index (χ0v) is 29.9. The van der Waals surface area contributed by atoms with Crippen LogP contribution in [0.3, 0.4) is 0 Å². The van der Waals surface area contributed by atoms with E-state index in [0.717, 1.165) is 50.1 Å². The van der Waals surface area contributed by atoms with Crippen molar-refractivity contribution in [2.45, 2.75) is 72.4 Å². The molecule has 0 aliphatic heterocycles. The Morgan fingerprint density at radius 3 is 1.96 bits per heavy atom. The van der Waals surface area contributed by atoms with Crippen molar-refractivity contribution in [1.82, 2.24) is 15.3 Å². The van der Waals surface area contributed by atoms with Gasteiger partial charge in [0, 0.05) is 44.3 Å². The molecule has 0 aliphatic carbocycles. The maximum absolute atomic E-state index is 13.4. The number of aliphatic carboxylic acids is 2. The van der Waals surface area contributed by atoms with Gasteiger partial charge in [-0.1, -0.05) is 30.3 Å². The summed E-state index contributed by atoms with van der Waals surface area (Å²) in [6.07, 6.45) is 4.37. The van der Waals surface area contributed by atoms with Gasteiger partial charge in [-0.25, -0.2) is 0 Å². The number of carboxylic acids is 2. The SMILES string of the molecule is Cc1cc(C(=O)Nc2cccc(-c3cccc(CC(=O)c4cc(C)c(CN[C@H](CCO)C(=O)O)cn4)c3C)c2C)ncc1CC[C@H](CCO)C(=O)O. The van der Waals surface area contributed by atoms with E-state index in [1.807, 2.05) is 64.1 Å². The first-order valence-electron chi connectivity index (χ1n) is 17.2. The van der Waals surface area contributed by atoms with Crippen molar-refractivity contribution in [3.05, 3.63) is 111 Å². The van der Waals surface area contributed by atoms with Gasteiger partial charge >= 0.3 is 11.9 Å². The van der Waals surface area contributed by atoms with Gasteiger partial charge in [0.15, 0.2) is 5.78 Å². The number of carbonyl (C=O) groups is 4. The molecule has 4 rings (SSSR count). The number of Topliss-reactive ketones (excluding diaryl/α,β-unsaturated/α-hetero) is 1. The van der Waals surface area contributed by atoms with Gasteiger partial charge in [0.2, 0.25) is 0 Å². The molecule has 0 saturated carbocycles. The summed E-state index contributed by atoms with van der Waals surface area (Å²) in [7, 11) is 0. The average molecular weight is 711 g/mol. The Kier molecular flexibility index (Phi) is 13.9. The van der Waals surface area contributed by atoms with Crippen molar-refractivity contribution in [3.8, 4) is 11.1 Å². The van der Waals surface area contributed by atoms with E-state index in [1.54, 1.807) is 24.5 Å². The molecule has 12 nitrogen and oxygen atoms in total. The summed E-state index contributed by atoms with van der Waals surface area (Å²) in [6, 6.07) is 13.9. The number of amides is 1. The number of hydrogen-bond donors (Lipinski definition) is 6. The highest BCUT2D eigenvalue weighted by Crippen LogP contribution is 2.33. The van der Waals surface area contributed by atoms with E-state index in [9.17, 15) is 29.4 Å². The molecular weight excluding hydrogens is 664 g/mol. The third kappa shape index (κ3) is 9.93. The highest BCUT2D eigenvalue weighted by Gasteiger charge is 2.20. The van der Waals surface area contributed by atoms with Crippen LogP contribution in [0, 0.1) is 33.6 Å². The van der Waals surface area contributed by atoms with Crippen molar-refractivity contribution in [1.29, 1.82) is 0 Å². The molecule has 2 aromatic carbocycles. The zero-order valence-electron chi connectivity index (χ0n) is 29.9. The first-order valence-corrected chi connectivity index (χ1v) is 17.2. The fourth-order valence-electron chi connectivity index (χ4n) is 6.12. The van der Waals surface area contributed by atoms with E-state index in [4.69, 9.17) is 10.2 Å². The lowest BCUT2D eigenvalue weighted by Gasteiger charge is -2.17. The Morgan fingerprint density at radius 1 is 0.712 bits per heavy atom. The Morgan fingerprint density at radius 2 is 1.33 bits per heavy atom. The molecule has 2 atom stereocenters. The van der Waals surface area contributed by atoms with Crippen LogP contribution in [0.25, 0.3) is 11.1 Å². The molecule has 6 N–H and O–H groups in total. The highest BCUT2D eigenvalue weighted by molar-refractivity contribution is 6.04. The summed E-state index contributed by atoms with van der Waals surface area (Å²) in [4.78, 5) is 58.3. The zero-order chi connectivity index (χ0) is 37.9. The Balaban J connectivity index is 1.46. The van der Waals surface area contributed by atoms with E-state index >= 15 is 0 Å². The maximum atomic E-state index is 13.4. The quantitative estimate of drug-likeness (QED) is 0.0760. The fraction of sp³-hybridized carbons (Fsp3) is 0.350. The predicted octanol–water partition coefficient (Wildman–Crippen LogP) is 5.00. The second kappa shape index (κ2) is 18.3. The van der Waals surface area contributed by atoms with Gasteiger partial charge in [-0.3, -0.25) is 29.1 Å². The van der Waals surface area contributed by atoms with E-state index < -0.39 is 23.9 Å². The summed E-state index contributed by atoms with van der Waals surface area (Å²) in [5, 5.41) is 42.9. The van der Waals surface area contributed by atoms with Crippen molar-refractivity contribution < 1.29 is 39.6 Å². The first kappa shape index (κ1) is 39.5. The number of aliphatic hydroxyl groups excluding tert-OH is 2. The van der Waals surface area contributed by atoms with E-state index in [2.05, 4.69) is 20.6 Å². The second-order valence-electron chi connectivity index (χ2n) is 13.0. The smallest absolute Gasteiger partial charge is 0.320 e. The van der Waals surface area contributed by atoms with Gasteiger partial charge in [0.25, 0.3) is 5.91 Å². The molecule has 52 heavy (non-hydrogen) atoms. The topological polar surface area (TPSA) is 199 Å². The minimum atomic E-state index is -1.05. The molecule has 274 valence electrons. The van der Waals surface area contributed by atoms with Crippen LogP contribution in [-0.2, 0) is 29.0 Å². The molecule has 0 saturated heterocycles. The molecule has 0 fully saturated rings. The largest absolute Gasteiger partial charge is 0.481 e. The number of pyridine rings is 2. The van der Waals surface area contributed by atoms with Crippen LogP contribution in [0.15, 0.2) is 60.9 Å². The lowest BCUT2D eigenvalue weighted by atomic mass is 9.91. The number of ketones is 1. The number of carbonyl (C=O) groups excluding carboxylic acids is 2. The van der Waals surface area contributed by atoms with Gasteiger partial charge in [-0.05, 0) is 122 Å². The third-order valence-electron chi connectivity index (χ3n) is 9.47. The number of rotatable bonds is 18. The molecule has 0 aliphatic rings. The maximum Gasteiger partial charge on any atom is 0.320 e. The molecule has 0 radical (unpaired) electrons. The number of hydrogen-bond acceptors (Lipinski definition) is 9. The number of aromatic nitrogens is 2. The molecule has 12 heteroatoms. The molecular formula is C40H46N4O8. The van der Waals surface area contributed by atoms with Crippen molar-refractivity contribution in [3.63, 3.8) is 0 Å². The van der Waals surface area contributed by atoms with Crippen LogP contribution in [0.1, 0.15) is 79.2 Å². The summed E-state index contributed by atoms with van der Waals surface area (Å²) >= 11 is 0. The molecule has 0 spiro atoms.